The van der Waals surface area contributed by atoms with Gasteiger partial charge in [0.05, 0.1) is 0 Å². The van der Waals surface area contributed by atoms with Crippen LogP contribution in [0.15, 0.2) is 57.7 Å². The van der Waals surface area contributed by atoms with E-state index in [1.165, 1.54) is 11.0 Å². The number of carbonyl (C=O) groups is 2. The van der Waals surface area contributed by atoms with Gasteiger partial charge in [0, 0.05) is 42.9 Å². The minimum Gasteiger partial charge on any atom is -0.484 e. The van der Waals surface area contributed by atoms with Crippen molar-refractivity contribution in [3.63, 3.8) is 0 Å². The van der Waals surface area contributed by atoms with E-state index in [9.17, 15) is 14.4 Å². The van der Waals surface area contributed by atoms with Crippen molar-refractivity contribution >= 4 is 28.5 Å². The van der Waals surface area contributed by atoms with Crippen molar-refractivity contribution in [2.45, 2.75) is 19.8 Å². The molecule has 0 aliphatic carbocycles. The molecule has 1 heterocycles. The monoisotopic (exact) mass is 408 g/mol. The summed E-state index contributed by atoms with van der Waals surface area (Å²) < 4.78 is 10.8. The van der Waals surface area contributed by atoms with Crippen molar-refractivity contribution in [2.75, 3.05) is 26.0 Å². The Morgan fingerprint density at radius 1 is 1.10 bits per heavy atom. The predicted molar refractivity (Wildman–Crippen MR) is 115 cm³/mol. The highest BCUT2D eigenvalue weighted by Crippen LogP contribution is 2.27. The summed E-state index contributed by atoms with van der Waals surface area (Å²) in [5.74, 6) is 0.0604. The van der Waals surface area contributed by atoms with Gasteiger partial charge in [-0.05, 0) is 41.8 Å². The first kappa shape index (κ1) is 21.1. The minimum atomic E-state index is -0.423. The maximum absolute atomic E-state index is 12.3. The van der Waals surface area contributed by atoms with Crippen LogP contribution in [0.5, 0.6) is 5.75 Å². The van der Waals surface area contributed by atoms with Gasteiger partial charge in [-0.15, -0.1) is 0 Å². The molecular weight excluding hydrogens is 384 g/mol. The van der Waals surface area contributed by atoms with E-state index in [-0.39, 0.29) is 24.3 Å². The van der Waals surface area contributed by atoms with E-state index in [0.29, 0.717) is 22.6 Å². The smallest absolute Gasteiger partial charge is 0.336 e. The van der Waals surface area contributed by atoms with Gasteiger partial charge in [-0.1, -0.05) is 19.9 Å². The second-order valence-electron chi connectivity index (χ2n) is 7.45. The summed E-state index contributed by atoms with van der Waals surface area (Å²) in [7, 11) is 3.33. The minimum absolute atomic E-state index is 0.152. The maximum Gasteiger partial charge on any atom is 0.336 e. The number of amides is 2. The Morgan fingerprint density at radius 3 is 2.57 bits per heavy atom. The number of nitrogens with zero attached hydrogens (tertiary/aromatic N) is 1. The number of hydrogen-bond donors (Lipinski definition) is 1. The van der Waals surface area contributed by atoms with Crippen molar-refractivity contribution in [1.82, 2.24) is 4.90 Å². The first-order valence-corrected chi connectivity index (χ1v) is 9.57. The lowest BCUT2D eigenvalue weighted by Gasteiger charge is -2.12. The summed E-state index contributed by atoms with van der Waals surface area (Å²) in [5, 5.41) is 3.55. The molecule has 1 aromatic heterocycles. The summed E-state index contributed by atoms with van der Waals surface area (Å²) in [6, 6.07) is 13.3. The van der Waals surface area contributed by atoms with E-state index < -0.39 is 5.63 Å². The molecule has 0 aliphatic heterocycles. The molecule has 0 unspecified atom stereocenters. The fourth-order valence-electron chi connectivity index (χ4n) is 3.07. The molecule has 3 rings (SSSR count). The van der Waals surface area contributed by atoms with Crippen molar-refractivity contribution in [1.29, 1.82) is 0 Å². The van der Waals surface area contributed by atoms with Crippen LogP contribution in [0.1, 0.15) is 35.7 Å². The van der Waals surface area contributed by atoms with Crippen LogP contribution in [0.3, 0.4) is 0 Å². The fraction of sp³-hybridized carbons (Fsp3) is 0.261. The van der Waals surface area contributed by atoms with Crippen LogP contribution in [-0.4, -0.2) is 37.4 Å². The van der Waals surface area contributed by atoms with Gasteiger partial charge in [0.15, 0.2) is 6.61 Å². The average molecular weight is 408 g/mol. The lowest BCUT2D eigenvalue weighted by atomic mass is 10.00. The van der Waals surface area contributed by atoms with Crippen LogP contribution in [-0.2, 0) is 4.79 Å². The van der Waals surface area contributed by atoms with E-state index in [2.05, 4.69) is 5.32 Å². The van der Waals surface area contributed by atoms with Gasteiger partial charge in [0.1, 0.15) is 11.3 Å². The van der Waals surface area contributed by atoms with Gasteiger partial charge in [0.25, 0.3) is 11.8 Å². The van der Waals surface area contributed by atoms with Crippen LogP contribution in [0.4, 0.5) is 5.69 Å². The number of ether oxygens (including phenoxy) is 1. The van der Waals surface area contributed by atoms with Crippen LogP contribution >= 0.6 is 0 Å². The molecule has 0 spiro atoms. The molecular formula is C23H24N2O5. The van der Waals surface area contributed by atoms with E-state index in [1.807, 2.05) is 19.9 Å². The molecule has 3 aromatic rings. The molecule has 7 heteroatoms. The van der Waals surface area contributed by atoms with Crippen LogP contribution < -0.4 is 15.7 Å². The summed E-state index contributed by atoms with van der Waals surface area (Å²) in [4.78, 5) is 37.6. The lowest BCUT2D eigenvalue weighted by molar-refractivity contribution is -0.118. The normalized spacial score (nSPS) is 10.8. The second-order valence-corrected chi connectivity index (χ2v) is 7.45. The van der Waals surface area contributed by atoms with Gasteiger partial charge in [-0.3, -0.25) is 9.59 Å². The Bertz CT molecular complexity index is 1150. The number of anilines is 1. The number of hydrogen-bond acceptors (Lipinski definition) is 5. The molecule has 156 valence electrons. The molecule has 0 fully saturated rings. The van der Waals surface area contributed by atoms with Crippen molar-refractivity contribution in [3.8, 4) is 5.75 Å². The zero-order valence-corrected chi connectivity index (χ0v) is 17.4. The third-order valence-electron chi connectivity index (χ3n) is 4.54. The first-order chi connectivity index (χ1) is 14.2. The van der Waals surface area contributed by atoms with E-state index in [4.69, 9.17) is 9.15 Å². The largest absolute Gasteiger partial charge is 0.484 e. The fourth-order valence-corrected chi connectivity index (χ4v) is 3.07. The zero-order valence-electron chi connectivity index (χ0n) is 17.4. The van der Waals surface area contributed by atoms with Gasteiger partial charge < -0.3 is 19.4 Å². The SMILES string of the molecule is CC(C)c1cc(=O)oc2cc(OCC(=O)Nc3cccc(C(=O)N(C)C)c3)ccc12. The highest BCUT2D eigenvalue weighted by molar-refractivity contribution is 5.97. The highest BCUT2D eigenvalue weighted by Gasteiger charge is 2.12. The van der Waals surface area contributed by atoms with Crippen molar-refractivity contribution in [2.24, 2.45) is 0 Å². The molecule has 0 saturated carbocycles. The van der Waals surface area contributed by atoms with Gasteiger partial charge in [0.2, 0.25) is 0 Å². The van der Waals surface area contributed by atoms with Gasteiger partial charge >= 0.3 is 5.63 Å². The lowest BCUT2D eigenvalue weighted by Crippen LogP contribution is -2.23. The Kier molecular flexibility index (Phi) is 6.20. The average Bonchev–Trinajstić information content (AvgIpc) is 2.70. The second kappa shape index (κ2) is 8.82. The standard InChI is InChI=1S/C23H24N2O5/c1-14(2)19-12-22(27)30-20-11-17(8-9-18(19)20)29-13-21(26)24-16-7-5-6-15(10-16)23(28)25(3)4/h5-12,14H,13H2,1-4H3,(H,24,26). The Labute approximate surface area is 174 Å². The Balaban J connectivity index is 1.69. The van der Waals surface area contributed by atoms with E-state index in [1.54, 1.807) is 50.5 Å². The van der Waals surface area contributed by atoms with Gasteiger partial charge in [-0.2, -0.15) is 0 Å². The molecule has 0 atom stereocenters. The Morgan fingerprint density at radius 2 is 1.87 bits per heavy atom. The third kappa shape index (κ3) is 4.86. The third-order valence-corrected chi connectivity index (χ3v) is 4.54. The molecule has 0 radical (unpaired) electrons. The van der Waals surface area contributed by atoms with Gasteiger partial charge in [-0.25, -0.2) is 4.79 Å². The number of carbonyl (C=O) groups excluding carboxylic acids is 2. The van der Waals surface area contributed by atoms with E-state index >= 15 is 0 Å². The molecule has 2 amide bonds. The molecule has 0 saturated heterocycles. The molecule has 0 aliphatic rings. The molecule has 1 N–H and O–H groups in total. The topological polar surface area (TPSA) is 88.8 Å². The van der Waals surface area contributed by atoms with Crippen molar-refractivity contribution in [3.05, 3.63) is 70.1 Å². The summed E-state index contributed by atoms with van der Waals surface area (Å²) >= 11 is 0. The summed E-state index contributed by atoms with van der Waals surface area (Å²) in [6.07, 6.45) is 0. The molecule has 30 heavy (non-hydrogen) atoms. The molecule has 7 nitrogen and oxygen atoms in total. The summed E-state index contributed by atoms with van der Waals surface area (Å²) in [6.45, 7) is 3.78. The number of benzene rings is 2. The van der Waals surface area contributed by atoms with Crippen LogP contribution in [0.2, 0.25) is 0 Å². The van der Waals surface area contributed by atoms with Crippen LogP contribution in [0, 0.1) is 0 Å². The number of rotatable bonds is 6. The maximum atomic E-state index is 12.3. The number of nitrogens with one attached hydrogen (secondary N) is 1. The quantitative estimate of drug-likeness (QED) is 0.629. The Hall–Kier alpha value is -3.61. The predicted octanol–water partition coefficient (Wildman–Crippen LogP) is 3.64. The number of fused-ring (bicyclic) bond motifs is 1. The first-order valence-electron chi connectivity index (χ1n) is 9.57. The van der Waals surface area contributed by atoms with E-state index in [0.717, 1.165) is 10.9 Å². The van der Waals surface area contributed by atoms with Crippen molar-refractivity contribution < 1.29 is 18.7 Å². The summed E-state index contributed by atoms with van der Waals surface area (Å²) in [5.41, 5.74) is 1.87. The van der Waals surface area contributed by atoms with Crippen LogP contribution in [0.25, 0.3) is 11.0 Å². The molecule has 2 aromatic carbocycles. The molecule has 0 bridgehead atoms. The zero-order chi connectivity index (χ0) is 21.8. The highest BCUT2D eigenvalue weighted by atomic mass is 16.5.